The van der Waals surface area contributed by atoms with Gasteiger partial charge in [0, 0.05) is 11.6 Å². The zero-order valence-corrected chi connectivity index (χ0v) is 17.5. The maximum Gasteiger partial charge on any atom is 0.294 e. The molecule has 160 valence electrons. The zero-order valence-electron chi connectivity index (χ0n) is 16.7. The standard InChI is InChI=1S/C21H18N2O7S/c1-27-14-6-4-3-5-13(14)22-19(24)10-23-20(25)18(31-21(23)26)8-12-7-16-17(30-11-29-16)9-15(12)28-2/h3-9H,10-11H2,1-2H3,(H,22,24)/b18-8-. The summed E-state index contributed by atoms with van der Waals surface area (Å²) in [4.78, 5) is 38.7. The highest BCUT2D eigenvalue weighted by atomic mass is 32.2. The van der Waals surface area contributed by atoms with Crippen molar-refractivity contribution in [2.45, 2.75) is 0 Å². The third-order valence-corrected chi connectivity index (χ3v) is 5.48. The number of hydrogen-bond donors (Lipinski definition) is 1. The number of rotatable bonds is 6. The molecule has 10 heteroatoms. The third-order valence-electron chi connectivity index (χ3n) is 4.57. The molecule has 2 aliphatic rings. The largest absolute Gasteiger partial charge is 0.496 e. The second-order valence-corrected chi connectivity index (χ2v) is 7.46. The third kappa shape index (κ3) is 4.15. The summed E-state index contributed by atoms with van der Waals surface area (Å²) in [6.45, 7) is -0.321. The van der Waals surface area contributed by atoms with Crippen LogP contribution in [0.4, 0.5) is 10.5 Å². The summed E-state index contributed by atoms with van der Waals surface area (Å²) < 4.78 is 21.2. The zero-order chi connectivity index (χ0) is 22.0. The van der Waals surface area contributed by atoms with E-state index in [-0.39, 0.29) is 11.7 Å². The summed E-state index contributed by atoms with van der Waals surface area (Å²) in [5, 5.41) is 2.12. The van der Waals surface area contributed by atoms with Crippen molar-refractivity contribution >= 4 is 40.6 Å². The minimum atomic E-state index is -0.565. The summed E-state index contributed by atoms with van der Waals surface area (Å²) in [7, 11) is 2.97. The van der Waals surface area contributed by atoms with Gasteiger partial charge in [0.05, 0.1) is 24.8 Å². The highest BCUT2D eigenvalue weighted by Crippen LogP contribution is 2.41. The Labute approximate surface area is 181 Å². The molecular formula is C21H18N2O7S. The molecule has 3 amide bonds. The highest BCUT2D eigenvalue weighted by molar-refractivity contribution is 8.18. The molecule has 0 aromatic heterocycles. The van der Waals surface area contributed by atoms with Gasteiger partial charge in [0.15, 0.2) is 11.5 Å². The van der Waals surface area contributed by atoms with Gasteiger partial charge in [-0.2, -0.15) is 0 Å². The maximum atomic E-state index is 12.8. The lowest BCUT2D eigenvalue weighted by Gasteiger charge is -2.14. The molecule has 0 radical (unpaired) electrons. The summed E-state index contributed by atoms with van der Waals surface area (Å²) >= 11 is 0.751. The fourth-order valence-corrected chi connectivity index (χ4v) is 3.92. The number of nitrogens with zero attached hydrogens (tertiary/aromatic N) is 1. The first kappa shape index (κ1) is 20.6. The first-order valence-corrected chi connectivity index (χ1v) is 9.97. The van der Waals surface area contributed by atoms with Crippen LogP contribution >= 0.6 is 11.8 Å². The number of carbonyl (C=O) groups is 3. The highest BCUT2D eigenvalue weighted by Gasteiger charge is 2.36. The van der Waals surface area contributed by atoms with Crippen LogP contribution in [0.3, 0.4) is 0 Å². The second kappa shape index (κ2) is 8.60. The van der Waals surface area contributed by atoms with Crippen LogP contribution < -0.4 is 24.3 Å². The van der Waals surface area contributed by atoms with Crippen molar-refractivity contribution < 1.29 is 33.3 Å². The first-order chi connectivity index (χ1) is 15.0. The predicted octanol–water partition coefficient (Wildman–Crippen LogP) is 3.11. The molecule has 4 rings (SSSR count). The number of fused-ring (bicyclic) bond motifs is 1. The Morgan fingerprint density at radius 2 is 1.84 bits per heavy atom. The van der Waals surface area contributed by atoms with Crippen molar-refractivity contribution in [3.05, 3.63) is 46.9 Å². The Bertz CT molecular complexity index is 1100. The SMILES string of the molecule is COc1cc2c(cc1/C=C1\SC(=O)N(CC(=O)Nc3ccccc3OC)C1=O)OCO2. The molecule has 2 aromatic carbocycles. The van der Waals surface area contributed by atoms with Crippen LogP contribution in [0.1, 0.15) is 5.56 Å². The van der Waals surface area contributed by atoms with E-state index >= 15 is 0 Å². The van der Waals surface area contributed by atoms with E-state index in [1.807, 2.05) is 0 Å². The van der Waals surface area contributed by atoms with Gasteiger partial charge in [-0.05, 0) is 36.0 Å². The van der Waals surface area contributed by atoms with Gasteiger partial charge in [-0.1, -0.05) is 12.1 Å². The summed E-state index contributed by atoms with van der Waals surface area (Å²) in [5.74, 6) is 0.904. The molecule has 2 aliphatic heterocycles. The molecule has 1 N–H and O–H groups in total. The van der Waals surface area contributed by atoms with Gasteiger partial charge < -0.3 is 24.3 Å². The van der Waals surface area contributed by atoms with E-state index in [2.05, 4.69) is 5.32 Å². The van der Waals surface area contributed by atoms with E-state index in [9.17, 15) is 14.4 Å². The topological polar surface area (TPSA) is 103 Å². The monoisotopic (exact) mass is 442 g/mol. The first-order valence-electron chi connectivity index (χ1n) is 9.16. The number of thioether (sulfide) groups is 1. The summed E-state index contributed by atoms with van der Waals surface area (Å²) in [5.41, 5.74) is 0.998. The Morgan fingerprint density at radius 3 is 2.58 bits per heavy atom. The molecule has 2 heterocycles. The predicted molar refractivity (Wildman–Crippen MR) is 113 cm³/mol. The Kier molecular flexibility index (Phi) is 5.72. The van der Waals surface area contributed by atoms with Crippen molar-refractivity contribution in [3.63, 3.8) is 0 Å². The van der Waals surface area contributed by atoms with E-state index in [4.69, 9.17) is 18.9 Å². The van der Waals surface area contributed by atoms with Crippen LogP contribution in [0.2, 0.25) is 0 Å². The smallest absolute Gasteiger partial charge is 0.294 e. The number of ether oxygens (including phenoxy) is 4. The molecule has 31 heavy (non-hydrogen) atoms. The van der Waals surface area contributed by atoms with Crippen LogP contribution in [-0.2, 0) is 9.59 Å². The van der Waals surface area contributed by atoms with Crippen LogP contribution in [0.5, 0.6) is 23.0 Å². The number of anilines is 1. The summed E-state index contributed by atoms with van der Waals surface area (Å²) in [6.07, 6.45) is 1.53. The molecule has 0 saturated carbocycles. The number of imide groups is 1. The van der Waals surface area contributed by atoms with E-state index < -0.39 is 23.6 Å². The molecule has 0 aliphatic carbocycles. The van der Waals surface area contributed by atoms with Gasteiger partial charge >= 0.3 is 0 Å². The van der Waals surface area contributed by atoms with Crippen LogP contribution in [0.15, 0.2) is 41.3 Å². The molecule has 2 aromatic rings. The lowest BCUT2D eigenvalue weighted by atomic mass is 10.1. The fraction of sp³-hybridized carbons (Fsp3) is 0.190. The van der Waals surface area contributed by atoms with Gasteiger partial charge in [-0.15, -0.1) is 0 Å². The number of amides is 3. The Morgan fingerprint density at radius 1 is 1.13 bits per heavy atom. The Balaban J connectivity index is 1.51. The maximum absolute atomic E-state index is 12.8. The van der Waals surface area contributed by atoms with Gasteiger partial charge in [0.25, 0.3) is 11.1 Å². The van der Waals surface area contributed by atoms with Gasteiger partial charge in [0.1, 0.15) is 18.0 Å². The van der Waals surface area contributed by atoms with Gasteiger partial charge in [-0.3, -0.25) is 19.3 Å². The number of carbonyl (C=O) groups excluding carboxylic acids is 3. The van der Waals surface area contributed by atoms with Crippen LogP contribution in [0.25, 0.3) is 6.08 Å². The summed E-state index contributed by atoms with van der Waals surface area (Å²) in [6, 6.07) is 10.2. The van der Waals surface area contributed by atoms with E-state index in [0.717, 1.165) is 16.7 Å². The van der Waals surface area contributed by atoms with Crippen molar-refractivity contribution in [2.24, 2.45) is 0 Å². The molecule has 1 saturated heterocycles. The molecule has 0 atom stereocenters. The average molecular weight is 442 g/mol. The molecule has 0 spiro atoms. The number of methoxy groups -OCH3 is 2. The van der Waals surface area contributed by atoms with Crippen molar-refractivity contribution in [3.8, 4) is 23.0 Å². The fourth-order valence-electron chi connectivity index (χ4n) is 3.09. The minimum absolute atomic E-state index is 0.0970. The minimum Gasteiger partial charge on any atom is -0.496 e. The lowest BCUT2D eigenvalue weighted by molar-refractivity contribution is -0.127. The normalized spacial score (nSPS) is 16.1. The van der Waals surface area contributed by atoms with Crippen molar-refractivity contribution in [1.82, 2.24) is 4.90 Å². The number of para-hydroxylation sites is 2. The van der Waals surface area contributed by atoms with Gasteiger partial charge in [-0.25, -0.2) is 0 Å². The second-order valence-electron chi connectivity index (χ2n) is 6.46. The van der Waals surface area contributed by atoms with E-state index in [1.165, 1.54) is 20.3 Å². The quantitative estimate of drug-likeness (QED) is 0.681. The van der Waals surface area contributed by atoms with Crippen LogP contribution in [0, 0.1) is 0 Å². The van der Waals surface area contributed by atoms with E-state index in [1.54, 1.807) is 36.4 Å². The lowest BCUT2D eigenvalue weighted by Crippen LogP contribution is -2.36. The molecule has 0 unspecified atom stereocenters. The van der Waals surface area contributed by atoms with Crippen molar-refractivity contribution in [1.29, 1.82) is 0 Å². The molecule has 9 nitrogen and oxygen atoms in total. The molecule has 1 fully saturated rings. The number of nitrogens with one attached hydrogen (secondary N) is 1. The van der Waals surface area contributed by atoms with E-state index in [0.29, 0.717) is 34.2 Å². The molecular weight excluding hydrogens is 424 g/mol. The number of benzene rings is 2. The average Bonchev–Trinajstić information content (AvgIpc) is 3.32. The molecule has 0 bridgehead atoms. The van der Waals surface area contributed by atoms with Gasteiger partial charge in [0.2, 0.25) is 12.7 Å². The number of hydrogen-bond acceptors (Lipinski definition) is 8. The van der Waals surface area contributed by atoms with Crippen LogP contribution in [-0.4, -0.2) is 49.5 Å². The Hall–Kier alpha value is -3.66. The van der Waals surface area contributed by atoms with Crippen molar-refractivity contribution in [2.75, 3.05) is 32.9 Å².